The summed E-state index contributed by atoms with van der Waals surface area (Å²) >= 11 is 0. The molecule has 0 saturated heterocycles. The van der Waals surface area contributed by atoms with Crippen molar-refractivity contribution in [3.63, 3.8) is 0 Å². The molecule has 1 unspecified atom stereocenters. The van der Waals surface area contributed by atoms with Crippen LogP contribution in [0.25, 0.3) is 11.0 Å². The van der Waals surface area contributed by atoms with Gasteiger partial charge < -0.3 is 14.3 Å². The minimum Gasteiger partial charge on any atom is -0.468 e. The molecule has 0 aliphatic rings. The number of rotatable bonds is 5. The van der Waals surface area contributed by atoms with E-state index in [1.807, 2.05) is 18.5 Å². The lowest BCUT2D eigenvalue weighted by Gasteiger charge is -2.15. The summed E-state index contributed by atoms with van der Waals surface area (Å²) in [7, 11) is 0. The predicted octanol–water partition coefficient (Wildman–Crippen LogP) is 3.60. The van der Waals surface area contributed by atoms with Crippen molar-refractivity contribution in [3.05, 3.63) is 53.7 Å². The van der Waals surface area contributed by atoms with Crippen LogP contribution >= 0.6 is 0 Å². The molecular weight excluding hydrogens is 262 g/mol. The molecule has 2 heterocycles. The molecule has 0 saturated carbocycles. The molecule has 110 valence electrons. The maximum atomic E-state index is 5.32. The minimum absolute atomic E-state index is 0.340. The normalized spacial score (nSPS) is 12.9. The van der Waals surface area contributed by atoms with E-state index in [1.54, 1.807) is 6.26 Å². The topological polar surface area (TPSA) is 43.0 Å². The first-order valence-electron chi connectivity index (χ1n) is 7.32. The molecule has 0 spiro atoms. The average Bonchev–Trinajstić information content (AvgIpc) is 3.09. The Morgan fingerprint density at radius 3 is 2.86 bits per heavy atom. The van der Waals surface area contributed by atoms with Crippen molar-refractivity contribution in [1.29, 1.82) is 0 Å². The molecule has 1 N–H and O–H groups in total. The third-order valence-corrected chi connectivity index (χ3v) is 3.98. The molecule has 0 amide bonds. The minimum atomic E-state index is 0.340. The molecule has 4 heteroatoms. The van der Waals surface area contributed by atoms with Gasteiger partial charge in [0.15, 0.2) is 0 Å². The zero-order valence-corrected chi connectivity index (χ0v) is 12.8. The van der Waals surface area contributed by atoms with Crippen LogP contribution in [0.1, 0.15) is 29.9 Å². The van der Waals surface area contributed by atoms with Gasteiger partial charge in [0.1, 0.15) is 5.76 Å². The monoisotopic (exact) mass is 283 g/mol. The Morgan fingerprint density at radius 1 is 1.29 bits per heavy atom. The lowest BCUT2D eigenvalue weighted by atomic mass is 10.1. The maximum Gasteiger partial charge on any atom is 0.117 e. The van der Waals surface area contributed by atoms with Gasteiger partial charge in [0, 0.05) is 12.6 Å². The highest BCUT2D eigenvalue weighted by molar-refractivity contribution is 5.77. The van der Waals surface area contributed by atoms with Crippen LogP contribution in [-0.4, -0.2) is 16.1 Å². The van der Waals surface area contributed by atoms with Gasteiger partial charge in [-0.2, -0.15) is 0 Å². The van der Waals surface area contributed by atoms with Crippen molar-refractivity contribution in [1.82, 2.24) is 14.9 Å². The first kappa shape index (κ1) is 13.9. The van der Waals surface area contributed by atoms with Crippen molar-refractivity contribution < 1.29 is 4.42 Å². The zero-order chi connectivity index (χ0) is 14.8. The van der Waals surface area contributed by atoms with Gasteiger partial charge in [-0.05, 0) is 56.2 Å². The van der Waals surface area contributed by atoms with Crippen molar-refractivity contribution in [2.75, 3.05) is 6.54 Å². The maximum absolute atomic E-state index is 5.32. The van der Waals surface area contributed by atoms with Gasteiger partial charge in [0.2, 0.25) is 0 Å². The molecule has 1 aromatic carbocycles. The summed E-state index contributed by atoms with van der Waals surface area (Å²) in [4.78, 5) is 4.52. The van der Waals surface area contributed by atoms with E-state index in [4.69, 9.17) is 4.42 Å². The molecule has 1 atom stereocenters. The molecule has 0 radical (unpaired) electrons. The number of hydrogen-bond donors (Lipinski definition) is 1. The molecule has 0 aliphatic heterocycles. The summed E-state index contributed by atoms with van der Waals surface area (Å²) in [5, 5.41) is 3.42. The number of nitrogens with one attached hydrogen (secondary N) is 1. The van der Waals surface area contributed by atoms with Crippen LogP contribution in [0.15, 0.2) is 41.3 Å². The molecule has 0 fully saturated rings. The standard InChI is InChI=1S/C17H21N3O/c1-12-7-16-17(8-13(12)2)20(11-19-16)14(3)9-18-10-15-5-4-6-21-15/h4-8,11,14,18H,9-10H2,1-3H3. The largest absolute Gasteiger partial charge is 0.468 e. The van der Waals surface area contributed by atoms with Crippen LogP contribution < -0.4 is 5.32 Å². The Hall–Kier alpha value is -2.07. The second kappa shape index (κ2) is 5.74. The second-order valence-electron chi connectivity index (χ2n) is 5.64. The fourth-order valence-corrected chi connectivity index (χ4v) is 2.55. The molecular formula is C17H21N3O. The first-order valence-corrected chi connectivity index (χ1v) is 7.32. The Labute approximate surface area is 124 Å². The van der Waals surface area contributed by atoms with Crippen LogP contribution in [-0.2, 0) is 6.54 Å². The van der Waals surface area contributed by atoms with Crippen molar-refractivity contribution in [2.24, 2.45) is 0 Å². The van der Waals surface area contributed by atoms with Crippen molar-refractivity contribution >= 4 is 11.0 Å². The van der Waals surface area contributed by atoms with E-state index in [9.17, 15) is 0 Å². The summed E-state index contributed by atoms with van der Waals surface area (Å²) in [5.74, 6) is 0.962. The van der Waals surface area contributed by atoms with E-state index in [0.29, 0.717) is 6.04 Å². The molecule has 4 nitrogen and oxygen atoms in total. The Kier molecular flexibility index (Phi) is 3.80. The SMILES string of the molecule is Cc1cc2ncn(C(C)CNCc3ccco3)c2cc1C. The van der Waals surface area contributed by atoms with Crippen LogP contribution in [0.5, 0.6) is 0 Å². The fourth-order valence-electron chi connectivity index (χ4n) is 2.55. The highest BCUT2D eigenvalue weighted by Crippen LogP contribution is 2.21. The number of benzene rings is 1. The molecule has 3 aromatic rings. The highest BCUT2D eigenvalue weighted by Gasteiger charge is 2.10. The molecule has 0 bridgehead atoms. The van der Waals surface area contributed by atoms with Crippen LogP contribution in [0, 0.1) is 13.8 Å². The van der Waals surface area contributed by atoms with E-state index in [1.165, 1.54) is 16.6 Å². The highest BCUT2D eigenvalue weighted by atomic mass is 16.3. The quantitative estimate of drug-likeness (QED) is 0.778. The summed E-state index contributed by atoms with van der Waals surface area (Å²) in [5.41, 5.74) is 4.86. The van der Waals surface area contributed by atoms with Crippen molar-refractivity contribution in [3.8, 4) is 0 Å². The van der Waals surface area contributed by atoms with E-state index in [-0.39, 0.29) is 0 Å². The number of fused-ring (bicyclic) bond motifs is 1. The lowest BCUT2D eigenvalue weighted by molar-refractivity contribution is 0.451. The molecule has 21 heavy (non-hydrogen) atoms. The fraction of sp³-hybridized carbons (Fsp3) is 0.353. The molecule has 0 aliphatic carbocycles. The van der Waals surface area contributed by atoms with Gasteiger partial charge in [-0.25, -0.2) is 4.98 Å². The summed E-state index contributed by atoms with van der Waals surface area (Å²) in [6, 6.07) is 8.61. The lowest BCUT2D eigenvalue weighted by Crippen LogP contribution is -2.22. The number of aryl methyl sites for hydroxylation is 2. The Morgan fingerprint density at radius 2 is 2.10 bits per heavy atom. The summed E-state index contributed by atoms with van der Waals surface area (Å²) in [6.45, 7) is 8.10. The van der Waals surface area contributed by atoms with Gasteiger partial charge in [0.05, 0.1) is 30.2 Å². The summed E-state index contributed by atoms with van der Waals surface area (Å²) in [6.07, 6.45) is 3.64. The van der Waals surface area contributed by atoms with E-state index < -0.39 is 0 Å². The van der Waals surface area contributed by atoms with E-state index >= 15 is 0 Å². The first-order chi connectivity index (χ1) is 10.1. The Balaban J connectivity index is 1.72. The smallest absolute Gasteiger partial charge is 0.117 e. The van der Waals surface area contributed by atoms with Gasteiger partial charge in [-0.15, -0.1) is 0 Å². The van der Waals surface area contributed by atoms with Crippen LogP contribution in [0.2, 0.25) is 0 Å². The molecule has 2 aromatic heterocycles. The predicted molar refractivity (Wildman–Crippen MR) is 84.3 cm³/mol. The Bertz CT molecular complexity index is 728. The van der Waals surface area contributed by atoms with E-state index in [2.05, 4.69) is 47.8 Å². The molecule has 3 rings (SSSR count). The van der Waals surface area contributed by atoms with Crippen LogP contribution in [0.4, 0.5) is 0 Å². The third kappa shape index (κ3) is 2.85. The van der Waals surface area contributed by atoms with Gasteiger partial charge in [0.25, 0.3) is 0 Å². The van der Waals surface area contributed by atoms with Crippen molar-refractivity contribution in [2.45, 2.75) is 33.4 Å². The van der Waals surface area contributed by atoms with E-state index in [0.717, 1.165) is 24.4 Å². The zero-order valence-electron chi connectivity index (χ0n) is 12.8. The number of nitrogens with zero attached hydrogens (tertiary/aromatic N) is 2. The number of aromatic nitrogens is 2. The second-order valence-corrected chi connectivity index (χ2v) is 5.64. The van der Waals surface area contributed by atoms with Gasteiger partial charge in [-0.1, -0.05) is 0 Å². The average molecular weight is 283 g/mol. The van der Waals surface area contributed by atoms with Gasteiger partial charge >= 0.3 is 0 Å². The van der Waals surface area contributed by atoms with Gasteiger partial charge in [-0.3, -0.25) is 0 Å². The number of hydrogen-bond acceptors (Lipinski definition) is 3. The van der Waals surface area contributed by atoms with Crippen LogP contribution in [0.3, 0.4) is 0 Å². The number of furan rings is 1. The summed E-state index contributed by atoms with van der Waals surface area (Å²) < 4.78 is 7.56. The number of imidazole rings is 1. The third-order valence-electron chi connectivity index (χ3n) is 3.98.